The van der Waals surface area contributed by atoms with E-state index in [9.17, 15) is 14.4 Å². The molecule has 1 N–H and O–H groups in total. The first-order valence-electron chi connectivity index (χ1n) is 9.25. The van der Waals surface area contributed by atoms with Crippen LogP contribution in [0.4, 0.5) is 5.69 Å². The van der Waals surface area contributed by atoms with Crippen LogP contribution < -0.4 is 10.2 Å². The third kappa shape index (κ3) is 5.55. The monoisotopic (exact) mass is 406 g/mol. The van der Waals surface area contributed by atoms with E-state index in [0.29, 0.717) is 37.4 Å². The van der Waals surface area contributed by atoms with Crippen LogP contribution in [-0.4, -0.2) is 65.2 Å². The first-order valence-corrected chi connectivity index (χ1v) is 9.25. The molecule has 0 saturated heterocycles. The number of esters is 2. The molecule has 0 bridgehead atoms. The molecule has 1 aliphatic heterocycles. The van der Waals surface area contributed by atoms with Crippen LogP contribution >= 0.6 is 0 Å². The summed E-state index contributed by atoms with van der Waals surface area (Å²) in [5.74, 6) is -1.74. The number of nitrogens with one attached hydrogen (secondary N) is 1. The van der Waals surface area contributed by atoms with Crippen LogP contribution in [0.1, 0.15) is 23.7 Å². The number of carbonyl (C=O) groups excluding carboxylic acids is 3. The van der Waals surface area contributed by atoms with Gasteiger partial charge in [-0.15, -0.1) is 0 Å². The molecule has 2 rings (SSSR count). The van der Waals surface area contributed by atoms with E-state index in [0.717, 1.165) is 0 Å². The molecule has 1 aromatic rings. The van der Waals surface area contributed by atoms with E-state index in [1.54, 1.807) is 24.3 Å². The Labute approximate surface area is 169 Å². The maximum Gasteiger partial charge on any atom is 0.355 e. The number of amides is 1. The van der Waals surface area contributed by atoms with Crippen molar-refractivity contribution in [3.8, 4) is 0 Å². The molecule has 0 unspecified atom stereocenters. The number of rotatable bonds is 9. The summed E-state index contributed by atoms with van der Waals surface area (Å²) in [6.07, 6.45) is 0.675. The van der Waals surface area contributed by atoms with Crippen LogP contribution in [0.15, 0.2) is 35.5 Å². The van der Waals surface area contributed by atoms with Crippen molar-refractivity contribution in [3.63, 3.8) is 0 Å². The van der Waals surface area contributed by atoms with Crippen molar-refractivity contribution in [1.29, 1.82) is 0 Å². The zero-order valence-electron chi connectivity index (χ0n) is 16.9. The maximum atomic E-state index is 12.7. The molecular formula is C20H26N2O7. The largest absolute Gasteiger partial charge is 0.466 e. The molecule has 29 heavy (non-hydrogen) atoms. The van der Waals surface area contributed by atoms with Gasteiger partial charge in [0.25, 0.3) is 5.91 Å². The lowest BCUT2D eigenvalue weighted by Gasteiger charge is -2.32. The Morgan fingerprint density at radius 2 is 1.86 bits per heavy atom. The van der Waals surface area contributed by atoms with Crippen molar-refractivity contribution in [2.24, 2.45) is 0 Å². The van der Waals surface area contributed by atoms with Crippen LogP contribution in [0, 0.1) is 0 Å². The van der Waals surface area contributed by atoms with E-state index < -0.39 is 11.9 Å². The Morgan fingerprint density at radius 1 is 1.14 bits per heavy atom. The molecule has 158 valence electrons. The predicted molar refractivity (Wildman–Crippen MR) is 104 cm³/mol. The molecule has 0 atom stereocenters. The second kappa shape index (κ2) is 11.2. The summed E-state index contributed by atoms with van der Waals surface area (Å²) in [5, 5.41) is 2.83. The molecule has 0 aromatic heterocycles. The quantitative estimate of drug-likeness (QED) is 0.483. The zero-order chi connectivity index (χ0) is 21.2. The molecule has 0 saturated carbocycles. The lowest BCUT2D eigenvalue weighted by atomic mass is 10.1. The third-order valence-electron chi connectivity index (χ3n) is 4.23. The Kier molecular flexibility index (Phi) is 8.63. The topological polar surface area (TPSA) is 103 Å². The van der Waals surface area contributed by atoms with E-state index in [4.69, 9.17) is 18.9 Å². The number of hydrogen-bond acceptors (Lipinski definition) is 8. The van der Waals surface area contributed by atoms with Crippen LogP contribution in [0.3, 0.4) is 0 Å². The fourth-order valence-electron chi connectivity index (χ4n) is 2.85. The summed E-state index contributed by atoms with van der Waals surface area (Å²) >= 11 is 0. The van der Waals surface area contributed by atoms with Crippen LogP contribution in [0.2, 0.25) is 0 Å². The van der Waals surface area contributed by atoms with E-state index >= 15 is 0 Å². The number of anilines is 1. The van der Waals surface area contributed by atoms with E-state index in [2.05, 4.69) is 5.32 Å². The summed E-state index contributed by atoms with van der Waals surface area (Å²) in [6, 6.07) is 6.74. The van der Waals surface area contributed by atoms with E-state index in [1.807, 2.05) is 6.92 Å². The van der Waals surface area contributed by atoms with Crippen molar-refractivity contribution in [3.05, 3.63) is 41.1 Å². The first kappa shape index (κ1) is 22.4. The third-order valence-corrected chi connectivity index (χ3v) is 4.23. The molecule has 0 fully saturated rings. The Morgan fingerprint density at radius 3 is 2.55 bits per heavy atom. The molecule has 1 aromatic carbocycles. The number of para-hydroxylation sites is 1. The van der Waals surface area contributed by atoms with E-state index in [-0.39, 0.29) is 30.5 Å². The highest BCUT2D eigenvalue weighted by Crippen LogP contribution is 2.29. The highest BCUT2D eigenvalue weighted by Gasteiger charge is 2.33. The van der Waals surface area contributed by atoms with Crippen molar-refractivity contribution >= 4 is 23.5 Å². The number of carbonyl (C=O) groups is 3. The molecule has 1 aliphatic rings. The summed E-state index contributed by atoms with van der Waals surface area (Å²) in [6.45, 7) is 3.40. The molecule has 9 heteroatoms. The van der Waals surface area contributed by atoms with Gasteiger partial charge < -0.3 is 29.2 Å². The first-order chi connectivity index (χ1) is 14.0. The molecular weight excluding hydrogens is 380 g/mol. The summed E-state index contributed by atoms with van der Waals surface area (Å²) in [5.41, 5.74) is 0.760. The number of nitrogens with zero attached hydrogens (tertiary/aromatic N) is 1. The second-order valence-corrected chi connectivity index (χ2v) is 6.04. The Balaban J connectivity index is 2.34. The van der Waals surface area contributed by atoms with Gasteiger partial charge in [-0.3, -0.25) is 4.79 Å². The number of benzene rings is 1. The zero-order valence-corrected chi connectivity index (χ0v) is 16.9. The standard InChI is InChI=1S/C20H26N2O7/c1-4-28-11-7-10-21-18(23)14-8-5-6-9-16(14)22-13-29-12-15(19(24)26-2)17(22)20(25)27-3/h5-6,8-9H,4,7,10-13H2,1-3H3,(H,21,23). The van der Waals surface area contributed by atoms with Gasteiger partial charge in [-0.05, 0) is 25.5 Å². The average molecular weight is 406 g/mol. The highest BCUT2D eigenvalue weighted by molar-refractivity contribution is 6.06. The average Bonchev–Trinajstić information content (AvgIpc) is 2.77. The number of methoxy groups -OCH3 is 2. The van der Waals surface area contributed by atoms with Crippen LogP contribution in [0.5, 0.6) is 0 Å². The SMILES string of the molecule is CCOCCCNC(=O)c1ccccc1N1COCC(C(=O)OC)=C1C(=O)OC. The van der Waals surface area contributed by atoms with Gasteiger partial charge in [0.05, 0.1) is 37.7 Å². The molecule has 0 radical (unpaired) electrons. The van der Waals surface area contributed by atoms with Gasteiger partial charge in [-0.2, -0.15) is 0 Å². The van der Waals surface area contributed by atoms with E-state index in [1.165, 1.54) is 19.1 Å². The molecule has 0 spiro atoms. The minimum atomic E-state index is -0.722. The van der Waals surface area contributed by atoms with Crippen LogP contribution in [0.25, 0.3) is 0 Å². The van der Waals surface area contributed by atoms with Gasteiger partial charge in [0.15, 0.2) is 0 Å². The summed E-state index contributed by atoms with van der Waals surface area (Å²) in [7, 11) is 2.43. The molecule has 9 nitrogen and oxygen atoms in total. The molecule has 1 heterocycles. The van der Waals surface area contributed by atoms with Crippen molar-refractivity contribution in [1.82, 2.24) is 5.32 Å². The second-order valence-electron chi connectivity index (χ2n) is 6.04. The summed E-state index contributed by atoms with van der Waals surface area (Å²) in [4.78, 5) is 38.7. The lowest BCUT2D eigenvalue weighted by molar-refractivity contribution is -0.140. The van der Waals surface area contributed by atoms with Crippen LogP contribution in [-0.2, 0) is 28.5 Å². The lowest BCUT2D eigenvalue weighted by Crippen LogP contribution is -2.40. The number of ether oxygens (including phenoxy) is 4. The fraction of sp³-hybridized carbons (Fsp3) is 0.450. The normalized spacial score (nSPS) is 13.8. The molecule has 1 amide bonds. The smallest absolute Gasteiger partial charge is 0.355 e. The molecule has 0 aliphatic carbocycles. The van der Waals surface area contributed by atoms with Crippen molar-refractivity contribution < 1.29 is 33.3 Å². The van der Waals surface area contributed by atoms with Gasteiger partial charge in [-0.1, -0.05) is 12.1 Å². The highest BCUT2D eigenvalue weighted by atomic mass is 16.5. The predicted octanol–water partition coefficient (Wildman–Crippen LogP) is 1.24. The Hall–Kier alpha value is -2.91. The van der Waals surface area contributed by atoms with Gasteiger partial charge in [-0.25, -0.2) is 9.59 Å². The minimum Gasteiger partial charge on any atom is -0.466 e. The van der Waals surface area contributed by atoms with Gasteiger partial charge in [0.1, 0.15) is 12.4 Å². The van der Waals surface area contributed by atoms with Gasteiger partial charge in [0.2, 0.25) is 0 Å². The van der Waals surface area contributed by atoms with Gasteiger partial charge >= 0.3 is 11.9 Å². The minimum absolute atomic E-state index is 0.0119. The van der Waals surface area contributed by atoms with Crippen molar-refractivity contribution in [2.45, 2.75) is 13.3 Å². The Bertz CT molecular complexity index is 776. The van der Waals surface area contributed by atoms with Crippen molar-refractivity contribution in [2.75, 3.05) is 52.2 Å². The maximum absolute atomic E-state index is 12.7. The fourth-order valence-corrected chi connectivity index (χ4v) is 2.85. The van der Waals surface area contributed by atoms with Gasteiger partial charge in [0, 0.05) is 19.8 Å². The number of hydrogen-bond donors (Lipinski definition) is 1. The summed E-state index contributed by atoms with van der Waals surface area (Å²) < 4.78 is 20.3.